The van der Waals surface area contributed by atoms with Gasteiger partial charge in [-0.2, -0.15) is 0 Å². The highest BCUT2D eigenvalue weighted by Crippen LogP contribution is 2.36. The Labute approximate surface area is 255 Å². The summed E-state index contributed by atoms with van der Waals surface area (Å²) in [5, 5.41) is 5.73. The third-order valence-corrected chi connectivity index (χ3v) is 8.56. The summed E-state index contributed by atoms with van der Waals surface area (Å²) in [5.41, 5.74) is 4.22. The molecule has 1 saturated heterocycles. The number of carbonyl (C=O) groups excluding carboxylic acids is 2. The third-order valence-electron chi connectivity index (χ3n) is 8.56. The molecule has 5 rings (SSSR count). The number of amides is 2. The molecule has 1 aliphatic rings. The van der Waals surface area contributed by atoms with Gasteiger partial charge in [-0.25, -0.2) is 4.79 Å². The third kappa shape index (κ3) is 8.33. The van der Waals surface area contributed by atoms with Crippen molar-refractivity contribution in [3.63, 3.8) is 0 Å². The molecule has 0 aliphatic carbocycles. The number of hydrogen-bond donors (Lipinski definition) is 2. The summed E-state index contributed by atoms with van der Waals surface area (Å²) in [6, 6.07) is 41.2. The van der Waals surface area contributed by atoms with Crippen molar-refractivity contribution < 1.29 is 14.3 Å². The Balaban J connectivity index is 1.23. The Hall–Kier alpha value is -4.42. The molecule has 43 heavy (non-hydrogen) atoms. The molecule has 1 fully saturated rings. The topological polar surface area (TPSA) is 70.7 Å². The second kappa shape index (κ2) is 15.2. The van der Waals surface area contributed by atoms with E-state index in [9.17, 15) is 9.59 Å². The predicted octanol–water partition coefficient (Wildman–Crippen LogP) is 6.29. The lowest BCUT2D eigenvalue weighted by Gasteiger charge is -2.39. The van der Waals surface area contributed by atoms with E-state index in [0.717, 1.165) is 55.6 Å². The zero-order valence-corrected chi connectivity index (χ0v) is 24.7. The monoisotopic (exact) mass is 575 g/mol. The van der Waals surface area contributed by atoms with Gasteiger partial charge in [0.2, 0.25) is 5.91 Å². The van der Waals surface area contributed by atoms with Crippen molar-refractivity contribution in [2.75, 3.05) is 32.7 Å². The van der Waals surface area contributed by atoms with Crippen LogP contribution in [-0.2, 0) is 21.6 Å². The quantitative estimate of drug-likeness (QED) is 0.209. The maximum atomic E-state index is 13.0. The van der Waals surface area contributed by atoms with Crippen LogP contribution in [0.25, 0.3) is 0 Å². The van der Waals surface area contributed by atoms with Crippen molar-refractivity contribution in [2.45, 2.75) is 37.2 Å². The molecule has 0 spiro atoms. The first kappa shape index (κ1) is 30.1. The molecule has 0 bridgehead atoms. The van der Waals surface area contributed by atoms with Crippen LogP contribution < -0.4 is 10.6 Å². The lowest BCUT2D eigenvalue weighted by atomic mass is 9.71. The van der Waals surface area contributed by atoms with Gasteiger partial charge in [-0.3, -0.25) is 4.79 Å². The van der Waals surface area contributed by atoms with Crippen LogP contribution in [0.5, 0.6) is 0 Å². The highest BCUT2D eigenvalue weighted by Gasteiger charge is 2.35. The van der Waals surface area contributed by atoms with Crippen LogP contribution in [0.15, 0.2) is 121 Å². The molecule has 1 heterocycles. The molecular formula is C37H41N3O3. The first-order valence-corrected chi connectivity index (χ1v) is 15.2. The van der Waals surface area contributed by atoms with Gasteiger partial charge < -0.3 is 20.3 Å². The van der Waals surface area contributed by atoms with E-state index in [4.69, 9.17) is 4.74 Å². The fourth-order valence-electron chi connectivity index (χ4n) is 6.06. The second-order valence-electron chi connectivity index (χ2n) is 11.3. The maximum absolute atomic E-state index is 13.0. The average Bonchev–Trinajstić information content (AvgIpc) is 3.08. The van der Waals surface area contributed by atoms with Gasteiger partial charge in [0.1, 0.15) is 6.61 Å². The van der Waals surface area contributed by atoms with Crippen LogP contribution in [0.4, 0.5) is 4.79 Å². The van der Waals surface area contributed by atoms with Gasteiger partial charge in [0.25, 0.3) is 0 Å². The van der Waals surface area contributed by atoms with Crippen molar-refractivity contribution in [2.24, 2.45) is 0 Å². The van der Waals surface area contributed by atoms with Crippen molar-refractivity contribution in [3.8, 4) is 0 Å². The molecule has 0 atom stereocenters. The number of rotatable bonds is 12. The van der Waals surface area contributed by atoms with Crippen molar-refractivity contribution >= 4 is 12.0 Å². The summed E-state index contributed by atoms with van der Waals surface area (Å²) >= 11 is 0. The summed E-state index contributed by atoms with van der Waals surface area (Å²) in [5.74, 6) is 0.355. The Kier molecular flexibility index (Phi) is 10.6. The average molecular weight is 576 g/mol. The van der Waals surface area contributed by atoms with Crippen molar-refractivity contribution in [1.29, 1.82) is 0 Å². The molecule has 0 unspecified atom stereocenters. The molecule has 0 radical (unpaired) electrons. The number of nitrogens with zero attached hydrogens (tertiary/aromatic N) is 1. The molecule has 4 aromatic rings. The summed E-state index contributed by atoms with van der Waals surface area (Å²) in [6.45, 7) is 3.45. The van der Waals surface area contributed by atoms with E-state index in [-0.39, 0.29) is 19.1 Å². The highest BCUT2D eigenvalue weighted by atomic mass is 16.5. The van der Waals surface area contributed by atoms with Gasteiger partial charge in [-0.1, -0.05) is 121 Å². The Morgan fingerprint density at radius 2 is 1.26 bits per heavy atom. The molecular weight excluding hydrogens is 534 g/mol. The fraction of sp³-hybridized carbons (Fsp3) is 0.297. The van der Waals surface area contributed by atoms with Gasteiger partial charge in [0.15, 0.2) is 0 Å². The number of hydrogen-bond acceptors (Lipinski definition) is 4. The van der Waals surface area contributed by atoms with Crippen LogP contribution in [-0.4, -0.2) is 49.6 Å². The van der Waals surface area contributed by atoms with E-state index in [1.54, 1.807) is 0 Å². The number of likely N-dealkylation sites (tertiary alicyclic amines) is 1. The first-order chi connectivity index (χ1) is 21.1. The minimum absolute atomic E-state index is 0.152. The fourth-order valence-corrected chi connectivity index (χ4v) is 6.06. The van der Waals surface area contributed by atoms with Gasteiger partial charge in [0.05, 0.1) is 6.54 Å². The number of benzene rings is 4. The Morgan fingerprint density at radius 1 is 0.721 bits per heavy atom. The highest BCUT2D eigenvalue weighted by molar-refractivity contribution is 5.82. The zero-order valence-electron chi connectivity index (χ0n) is 24.7. The molecule has 0 aromatic heterocycles. The van der Waals surface area contributed by atoms with Gasteiger partial charge in [0, 0.05) is 12.0 Å². The van der Waals surface area contributed by atoms with Crippen LogP contribution in [0.2, 0.25) is 0 Å². The maximum Gasteiger partial charge on any atom is 0.407 e. The smallest absolute Gasteiger partial charge is 0.407 e. The van der Waals surface area contributed by atoms with Gasteiger partial charge >= 0.3 is 6.09 Å². The number of carbonyl (C=O) groups is 2. The minimum atomic E-state index is -0.615. The molecule has 6 heteroatoms. The summed E-state index contributed by atoms with van der Waals surface area (Å²) in [4.78, 5) is 27.8. The Morgan fingerprint density at radius 3 is 1.84 bits per heavy atom. The molecule has 0 saturated carbocycles. The molecule has 6 nitrogen and oxygen atoms in total. The minimum Gasteiger partial charge on any atom is -0.445 e. The number of alkyl carbamates (subject to hydrolysis) is 1. The van der Waals surface area contributed by atoms with E-state index in [1.165, 1.54) is 5.56 Å². The lowest BCUT2D eigenvalue weighted by Crippen LogP contribution is -2.47. The van der Waals surface area contributed by atoms with E-state index in [2.05, 4.69) is 94.4 Å². The molecule has 2 amide bonds. The van der Waals surface area contributed by atoms with Gasteiger partial charge in [-0.15, -0.1) is 0 Å². The molecule has 222 valence electrons. The van der Waals surface area contributed by atoms with Crippen LogP contribution in [0.1, 0.15) is 47.4 Å². The van der Waals surface area contributed by atoms with E-state index in [1.807, 2.05) is 42.5 Å². The van der Waals surface area contributed by atoms with E-state index < -0.39 is 11.5 Å². The van der Waals surface area contributed by atoms with Crippen LogP contribution in [0.3, 0.4) is 0 Å². The summed E-state index contributed by atoms with van der Waals surface area (Å²) < 4.78 is 5.27. The molecule has 1 aliphatic heterocycles. The van der Waals surface area contributed by atoms with Crippen molar-refractivity contribution in [3.05, 3.63) is 144 Å². The van der Waals surface area contributed by atoms with Crippen LogP contribution >= 0.6 is 0 Å². The Bertz CT molecular complexity index is 1370. The van der Waals surface area contributed by atoms with E-state index >= 15 is 0 Å². The second-order valence-corrected chi connectivity index (χ2v) is 11.3. The number of piperidine rings is 1. The predicted molar refractivity (Wildman–Crippen MR) is 171 cm³/mol. The largest absolute Gasteiger partial charge is 0.445 e. The summed E-state index contributed by atoms with van der Waals surface area (Å²) in [6.07, 6.45) is 2.53. The number of ether oxygens (including phenoxy) is 1. The normalized spacial score (nSPS) is 14.1. The van der Waals surface area contributed by atoms with Crippen LogP contribution in [0, 0.1) is 0 Å². The van der Waals surface area contributed by atoms with Crippen molar-refractivity contribution in [1.82, 2.24) is 15.5 Å². The first-order valence-electron chi connectivity index (χ1n) is 15.2. The SMILES string of the molecule is O=C(CNC(=O)OCc1ccccc1)NCC(CCN1CCC(c2ccccc2)CC1)(c1ccccc1)c1ccccc1. The van der Waals surface area contributed by atoms with Gasteiger partial charge in [-0.05, 0) is 67.1 Å². The number of nitrogens with one attached hydrogen (secondary N) is 2. The molecule has 2 N–H and O–H groups in total. The zero-order chi connectivity index (χ0) is 29.7. The molecule has 4 aromatic carbocycles. The lowest BCUT2D eigenvalue weighted by molar-refractivity contribution is -0.120. The van der Waals surface area contributed by atoms with E-state index in [0.29, 0.717) is 12.5 Å². The standard InChI is InChI=1S/C37H41N3O3/c41-35(27-38-36(42)43-28-30-13-5-1-6-14-30)39-29-37(33-17-9-3-10-18-33,34-19-11-4-12-20-34)23-26-40-24-21-32(22-25-40)31-15-7-2-8-16-31/h1-20,32H,21-29H2,(H,38,42)(H,39,41). The summed E-state index contributed by atoms with van der Waals surface area (Å²) in [7, 11) is 0.